The molecule has 1 aromatic carbocycles. The summed E-state index contributed by atoms with van der Waals surface area (Å²) < 4.78 is 2.83. The molecule has 3 nitrogen and oxygen atoms in total. The number of hydrogen-bond donors (Lipinski definition) is 1. The van der Waals surface area contributed by atoms with Gasteiger partial charge in [-0.1, -0.05) is 89.3 Å². The number of H-pyrrole nitrogens is 1. The molecule has 0 radical (unpaired) electrons. The minimum atomic E-state index is 0.700. The molecule has 0 saturated carbocycles. The number of aromatic nitrogens is 3. The van der Waals surface area contributed by atoms with Gasteiger partial charge in [-0.05, 0) is 43.6 Å². The Labute approximate surface area is 170 Å². The molecule has 0 aliphatic rings. The molecule has 0 spiro atoms. The van der Waals surface area contributed by atoms with Crippen molar-refractivity contribution in [3.63, 3.8) is 0 Å². The molecule has 0 bridgehead atoms. The minimum absolute atomic E-state index is 0.700. The van der Waals surface area contributed by atoms with E-state index < -0.39 is 0 Å². The van der Waals surface area contributed by atoms with Crippen molar-refractivity contribution in [1.82, 2.24) is 14.8 Å². The second-order valence-electron chi connectivity index (χ2n) is 7.81. The number of hydrogen-bond acceptors (Lipinski definition) is 2. The number of para-hydroxylation sites is 1. The van der Waals surface area contributed by atoms with Gasteiger partial charge in [-0.2, -0.15) is 5.10 Å². The normalized spacial score (nSPS) is 11.2. The molecule has 0 aliphatic carbocycles. The van der Waals surface area contributed by atoms with Gasteiger partial charge >= 0.3 is 0 Å². The van der Waals surface area contributed by atoms with Crippen LogP contribution in [0.15, 0.2) is 18.2 Å². The number of rotatable bonds is 13. The van der Waals surface area contributed by atoms with Crippen LogP contribution in [0.1, 0.15) is 94.5 Å². The average molecular weight is 388 g/mol. The fourth-order valence-electron chi connectivity index (χ4n) is 3.83. The fraction of sp³-hybridized carbons (Fsp3) is 0.652. The first-order valence-electron chi connectivity index (χ1n) is 10.9. The van der Waals surface area contributed by atoms with Crippen molar-refractivity contribution >= 4 is 12.2 Å². The predicted molar refractivity (Wildman–Crippen MR) is 118 cm³/mol. The van der Waals surface area contributed by atoms with Crippen LogP contribution in [0.5, 0.6) is 0 Å². The summed E-state index contributed by atoms with van der Waals surface area (Å²) in [4.78, 5) is 0. The van der Waals surface area contributed by atoms with Crippen LogP contribution in [0.25, 0.3) is 5.69 Å². The van der Waals surface area contributed by atoms with E-state index in [9.17, 15) is 0 Å². The number of nitrogens with one attached hydrogen (secondary N) is 1. The summed E-state index contributed by atoms with van der Waals surface area (Å²) in [5.74, 6) is 1.06. The van der Waals surface area contributed by atoms with Gasteiger partial charge in [0.15, 0.2) is 4.77 Å². The van der Waals surface area contributed by atoms with Gasteiger partial charge in [0.2, 0.25) is 0 Å². The Morgan fingerprint density at radius 3 is 1.93 bits per heavy atom. The highest BCUT2D eigenvalue weighted by Crippen LogP contribution is 2.21. The van der Waals surface area contributed by atoms with E-state index in [4.69, 9.17) is 12.2 Å². The van der Waals surface area contributed by atoms with Gasteiger partial charge in [0, 0.05) is 6.42 Å². The maximum atomic E-state index is 5.51. The second-order valence-corrected chi connectivity index (χ2v) is 8.19. The molecule has 1 heterocycles. The fourth-order valence-corrected chi connectivity index (χ4v) is 4.08. The quantitative estimate of drug-likeness (QED) is 0.287. The Balaban J connectivity index is 1.73. The molecule has 1 N–H and O–H groups in total. The van der Waals surface area contributed by atoms with E-state index in [0.717, 1.165) is 12.2 Å². The van der Waals surface area contributed by atoms with E-state index in [2.05, 4.69) is 53.7 Å². The van der Waals surface area contributed by atoms with Crippen LogP contribution in [0.2, 0.25) is 0 Å². The molecule has 2 rings (SSSR count). The van der Waals surface area contributed by atoms with Crippen LogP contribution in [-0.2, 0) is 6.42 Å². The van der Waals surface area contributed by atoms with Crippen molar-refractivity contribution in [3.8, 4) is 5.69 Å². The molecule has 1 aromatic heterocycles. The molecule has 150 valence electrons. The molecular formula is C23H37N3S. The van der Waals surface area contributed by atoms with Crippen molar-refractivity contribution in [2.75, 3.05) is 0 Å². The lowest BCUT2D eigenvalue weighted by atomic mass is 10.0. The van der Waals surface area contributed by atoms with Crippen molar-refractivity contribution in [3.05, 3.63) is 39.9 Å². The van der Waals surface area contributed by atoms with Crippen LogP contribution in [0.4, 0.5) is 0 Å². The lowest BCUT2D eigenvalue weighted by Crippen LogP contribution is -2.05. The largest absolute Gasteiger partial charge is 0.272 e. The third-order valence-electron chi connectivity index (χ3n) is 5.41. The van der Waals surface area contributed by atoms with Gasteiger partial charge in [-0.25, -0.2) is 0 Å². The number of benzene rings is 1. The number of unbranched alkanes of at least 4 members (excludes halogenated alkanes) is 10. The van der Waals surface area contributed by atoms with Crippen LogP contribution in [0.3, 0.4) is 0 Å². The summed E-state index contributed by atoms with van der Waals surface area (Å²) in [6, 6.07) is 6.38. The SMILES string of the molecule is CCCCCCCCCCCCCc1n[nH]c(=S)n1-c1c(C)cccc1C. The standard InChI is InChI=1S/C23H37N3S/c1-4-5-6-7-8-9-10-11-12-13-14-18-21-24-25-23(27)26(21)22-19(2)16-15-17-20(22)3/h15-17H,4-14,18H2,1-3H3,(H,25,27). The van der Waals surface area contributed by atoms with E-state index in [0.29, 0.717) is 4.77 Å². The topological polar surface area (TPSA) is 33.6 Å². The lowest BCUT2D eigenvalue weighted by Gasteiger charge is -2.13. The first kappa shape index (κ1) is 21.9. The van der Waals surface area contributed by atoms with Gasteiger partial charge in [0.1, 0.15) is 5.82 Å². The second kappa shape index (κ2) is 12.1. The maximum absolute atomic E-state index is 5.51. The monoisotopic (exact) mass is 387 g/mol. The molecule has 0 fully saturated rings. The van der Waals surface area contributed by atoms with Crippen molar-refractivity contribution in [2.24, 2.45) is 0 Å². The van der Waals surface area contributed by atoms with E-state index >= 15 is 0 Å². The first-order chi connectivity index (χ1) is 13.1. The summed E-state index contributed by atoms with van der Waals surface area (Å²) in [6.07, 6.45) is 16.0. The van der Waals surface area contributed by atoms with Crippen LogP contribution >= 0.6 is 12.2 Å². The summed E-state index contributed by atoms with van der Waals surface area (Å²) in [5, 5.41) is 7.50. The summed E-state index contributed by atoms with van der Waals surface area (Å²) in [5.41, 5.74) is 3.68. The Hall–Kier alpha value is -1.42. The summed E-state index contributed by atoms with van der Waals surface area (Å²) in [7, 11) is 0. The molecular weight excluding hydrogens is 350 g/mol. The Morgan fingerprint density at radius 2 is 1.37 bits per heavy atom. The van der Waals surface area contributed by atoms with E-state index in [1.807, 2.05) is 0 Å². The Morgan fingerprint density at radius 1 is 0.852 bits per heavy atom. The lowest BCUT2D eigenvalue weighted by molar-refractivity contribution is 0.547. The maximum Gasteiger partial charge on any atom is 0.199 e. The van der Waals surface area contributed by atoms with Gasteiger partial charge in [-0.15, -0.1) is 0 Å². The number of aromatic amines is 1. The zero-order chi connectivity index (χ0) is 19.5. The predicted octanol–water partition coefficient (Wildman–Crippen LogP) is 7.40. The van der Waals surface area contributed by atoms with Crippen molar-refractivity contribution < 1.29 is 0 Å². The van der Waals surface area contributed by atoms with E-state index in [-0.39, 0.29) is 0 Å². The van der Waals surface area contributed by atoms with Gasteiger partial charge in [-0.3, -0.25) is 9.67 Å². The van der Waals surface area contributed by atoms with E-state index in [1.54, 1.807) is 0 Å². The van der Waals surface area contributed by atoms with E-state index in [1.165, 1.54) is 87.4 Å². The highest BCUT2D eigenvalue weighted by molar-refractivity contribution is 7.71. The number of nitrogens with zero attached hydrogens (tertiary/aromatic N) is 2. The average Bonchev–Trinajstić information content (AvgIpc) is 3.00. The third-order valence-corrected chi connectivity index (χ3v) is 5.68. The highest BCUT2D eigenvalue weighted by atomic mass is 32.1. The Bertz CT molecular complexity index is 709. The van der Waals surface area contributed by atoms with Gasteiger partial charge < -0.3 is 0 Å². The zero-order valence-electron chi connectivity index (χ0n) is 17.5. The van der Waals surface area contributed by atoms with Gasteiger partial charge in [0.25, 0.3) is 0 Å². The van der Waals surface area contributed by atoms with Crippen molar-refractivity contribution in [2.45, 2.75) is 97.8 Å². The zero-order valence-corrected chi connectivity index (χ0v) is 18.3. The molecule has 0 saturated heterocycles. The molecule has 0 atom stereocenters. The Kier molecular flexibility index (Phi) is 9.82. The van der Waals surface area contributed by atoms with Gasteiger partial charge in [0.05, 0.1) is 5.69 Å². The smallest absolute Gasteiger partial charge is 0.199 e. The first-order valence-corrected chi connectivity index (χ1v) is 11.3. The summed E-state index contributed by atoms with van der Waals surface area (Å²) >= 11 is 5.51. The third kappa shape index (κ3) is 6.91. The molecule has 4 heteroatoms. The van der Waals surface area contributed by atoms with Crippen LogP contribution in [-0.4, -0.2) is 14.8 Å². The van der Waals surface area contributed by atoms with Crippen LogP contribution in [0, 0.1) is 18.6 Å². The number of aryl methyl sites for hydroxylation is 3. The summed E-state index contributed by atoms with van der Waals surface area (Å²) in [6.45, 7) is 6.56. The molecule has 2 aromatic rings. The molecule has 0 amide bonds. The molecule has 0 unspecified atom stereocenters. The van der Waals surface area contributed by atoms with Crippen molar-refractivity contribution in [1.29, 1.82) is 0 Å². The van der Waals surface area contributed by atoms with Crippen LogP contribution < -0.4 is 0 Å². The molecule has 27 heavy (non-hydrogen) atoms. The highest BCUT2D eigenvalue weighted by Gasteiger charge is 2.12. The minimum Gasteiger partial charge on any atom is -0.272 e. The molecule has 0 aliphatic heterocycles.